The van der Waals surface area contributed by atoms with E-state index in [9.17, 15) is 0 Å². The topological polar surface area (TPSA) is 37.4 Å². The lowest BCUT2D eigenvalue weighted by molar-refractivity contribution is 0.255. The van der Waals surface area contributed by atoms with Crippen LogP contribution in [0, 0.1) is 0 Å². The Labute approximate surface area is 109 Å². The number of hydrogen-bond acceptors (Lipinski definition) is 4. The first kappa shape index (κ1) is 13.3. The van der Waals surface area contributed by atoms with Crippen molar-refractivity contribution < 1.29 is 4.74 Å². The summed E-state index contributed by atoms with van der Waals surface area (Å²) in [6.07, 6.45) is 4.18. The summed E-state index contributed by atoms with van der Waals surface area (Å²) >= 11 is 0. The molecule has 1 saturated heterocycles. The maximum atomic E-state index is 5.88. The van der Waals surface area contributed by atoms with Crippen molar-refractivity contribution in [2.24, 2.45) is 0 Å². The Morgan fingerprint density at radius 2 is 2.17 bits per heavy atom. The second kappa shape index (κ2) is 6.71. The van der Waals surface area contributed by atoms with Crippen molar-refractivity contribution >= 4 is 0 Å². The van der Waals surface area contributed by atoms with E-state index in [-0.39, 0.29) is 0 Å². The van der Waals surface area contributed by atoms with Crippen molar-refractivity contribution in [1.29, 1.82) is 0 Å². The normalized spacial score (nSPS) is 17.1. The highest BCUT2D eigenvalue weighted by molar-refractivity contribution is 5.30. The zero-order valence-corrected chi connectivity index (χ0v) is 11.4. The molecule has 0 amide bonds. The molecule has 1 aromatic rings. The highest BCUT2D eigenvalue weighted by atomic mass is 16.5. The molecule has 1 fully saturated rings. The molecule has 0 atom stereocenters. The first-order valence-corrected chi connectivity index (χ1v) is 6.70. The average Bonchev–Trinajstić information content (AvgIpc) is 2.40. The van der Waals surface area contributed by atoms with Crippen molar-refractivity contribution in [1.82, 2.24) is 15.2 Å². The molecule has 0 saturated carbocycles. The van der Waals surface area contributed by atoms with Crippen LogP contribution in [0.3, 0.4) is 0 Å². The molecular weight excluding hydrogens is 226 g/mol. The van der Waals surface area contributed by atoms with Gasteiger partial charge in [-0.1, -0.05) is 0 Å². The molecule has 4 nitrogen and oxygen atoms in total. The Kier molecular flexibility index (Phi) is 4.96. The van der Waals surface area contributed by atoms with Crippen molar-refractivity contribution in [2.45, 2.75) is 18.8 Å². The number of rotatable bonds is 5. The third kappa shape index (κ3) is 3.68. The Morgan fingerprint density at radius 1 is 1.39 bits per heavy atom. The minimum atomic E-state index is 0.543. The molecule has 18 heavy (non-hydrogen) atoms. The minimum absolute atomic E-state index is 0.543. The van der Waals surface area contributed by atoms with Gasteiger partial charge < -0.3 is 15.0 Å². The van der Waals surface area contributed by atoms with Crippen molar-refractivity contribution in [3.8, 4) is 5.75 Å². The monoisotopic (exact) mass is 249 g/mol. The molecule has 0 aromatic carbocycles. The number of piperidine rings is 1. The van der Waals surface area contributed by atoms with Crippen LogP contribution in [0.5, 0.6) is 5.75 Å². The summed E-state index contributed by atoms with van der Waals surface area (Å²) in [6, 6.07) is 4.00. The first-order chi connectivity index (χ1) is 8.77. The molecule has 0 bridgehead atoms. The second-order valence-electron chi connectivity index (χ2n) is 5.06. The summed E-state index contributed by atoms with van der Waals surface area (Å²) in [5.74, 6) is 1.51. The Morgan fingerprint density at radius 3 is 2.89 bits per heavy atom. The summed E-state index contributed by atoms with van der Waals surface area (Å²) in [7, 11) is 4.11. The van der Waals surface area contributed by atoms with Gasteiger partial charge in [0.25, 0.3) is 0 Å². The molecule has 0 aliphatic carbocycles. The number of pyridine rings is 1. The molecule has 100 valence electrons. The van der Waals surface area contributed by atoms with Gasteiger partial charge in [0.05, 0.1) is 5.69 Å². The highest BCUT2D eigenvalue weighted by Crippen LogP contribution is 2.30. The fourth-order valence-electron chi connectivity index (χ4n) is 2.26. The van der Waals surface area contributed by atoms with Crippen LogP contribution < -0.4 is 10.1 Å². The average molecular weight is 249 g/mol. The molecule has 1 aliphatic rings. The van der Waals surface area contributed by atoms with Gasteiger partial charge in [0.15, 0.2) is 0 Å². The van der Waals surface area contributed by atoms with Gasteiger partial charge in [-0.25, -0.2) is 0 Å². The number of ether oxygens (including phenoxy) is 1. The van der Waals surface area contributed by atoms with Crippen molar-refractivity contribution in [2.75, 3.05) is 40.3 Å². The van der Waals surface area contributed by atoms with Crippen LogP contribution in [0.15, 0.2) is 18.3 Å². The Balaban J connectivity index is 2.00. The summed E-state index contributed by atoms with van der Waals surface area (Å²) in [4.78, 5) is 6.66. The van der Waals surface area contributed by atoms with Gasteiger partial charge in [0, 0.05) is 18.7 Å². The minimum Gasteiger partial charge on any atom is -0.490 e. The lowest BCUT2D eigenvalue weighted by atomic mass is 9.93. The van der Waals surface area contributed by atoms with E-state index in [4.69, 9.17) is 4.74 Å². The molecule has 0 radical (unpaired) electrons. The van der Waals surface area contributed by atoms with Gasteiger partial charge in [-0.15, -0.1) is 0 Å². The standard InChI is InChI=1S/C14H23N3O/c1-17(2)10-11-18-13-4-3-7-16-14(13)12-5-8-15-9-6-12/h3-4,7,12,15H,5-6,8-11H2,1-2H3. The quantitative estimate of drug-likeness (QED) is 0.858. The summed E-state index contributed by atoms with van der Waals surface area (Å²) < 4.78 is 5.88. The Bertz CT molecular complexity index is 362. The van der Waals surface area contributed by atoms with Gasteiger partial charge >= 0.3 is 0 Å². The number of nitrogens with zero attached hydrogens (tertiary/aromatic N) is 2. The van der Waals surface area contributed by atoms with Crippen LogP contribution in [0.4, 0.5) is 0 Å². The van der Waals surface area contributed by atoms with E-state index >= 15 is 0 Å². The summed E-state index contributed by atoms with van der Waals surface area (Å²) in [5, 5.41) is 3.39. The van der Waals surface area contributed by atoms with Crippen molar-refractivity contribution in [3.63, 3.8) is 0 Å². The van der Waals surface area contributed by atoms with Crippen molar-refractivity contribution in [3.05, 3.63) is 24.0 Å². The maximum Gasteiger partial charge on any atom is 0.141 e. The molecule has 0 unspecified atom stereocenters. The van der Waals surface area contributed by atoms with E-state index < -0.39 is 0 Å². The van der Waals surface area contributed by atoms with E-state index in [1.165, 1.54) is 0 Å². The van der Waals surface area contributed by atoms with E-state index in [0.717, 1.165) is 50.5 Å². The van der Waals surface area contributed by atoms with Crippen LogP contribution in [0.1, 0.15) is 24.5 Å². The van der Waals surface area contributed by atoms with Crippen LogP contribution in [-0.4, -0.2) is 50.2 Å². The molecule has 2 heterocycles. The predicted octanol–water partition coefficient (Wildman–Crippen LogP) is 1.49. The molecule has 4 heteroatoms. The lowest BCUT2D eigenvalue weighted by Crippen LogP contribution is -2.27. The van der Waals surface area contributed by atoms with Gasteiger partial charge in [-0.05, 0) is 52.2 Å². The van der Waals surface area contributed by atoms with Gasteiger partial charge in [-0.2, -0.15) is 0 Å². The number of likely N-dealkylation sites (N-methyl/N-ethyl adjacent to an activating group) is 1. The fraction of sp³-hybridized carbons (Fsp3) is 0.643. The predicted molar refractivity (Wildman–Crippen MR) is 73.1 cm³/mol. The van der Waals surface area contributed by atoms with Crippen LogP contribution in [0.2, 0.25) is 0 Å². The molecule has 0 spiro atoms. The largest absolute Gasteiger partial charge is 0.490 e. The SMILES string of the molecule is CN(C)CCOc1cccnc1C1CCNCC1. The van der Waals surface area contributed by atoms with E-state index in [1.807, 2.05) is 18.3 Å². The third-order valence-electron chi connectivity index (χ3n) is 3.32. The van der Waals surface area contributed by atoms with Gasteiger partial charge in [0.1, 0.15) is 12.4 Å². The smallest absolute Gasteiger partial charge is 0.141 e. The molecular formula is C14H23N3O. The summed E-state index contributed by atoms with van der Waals surface area (Å²) in [5.41, 5.74) is 1.14. The van der Waals surface area contributed by atoms with Crippen LogP contribution in [-0.2, 0) is 0 Å². The third-order valence-corrected chi connectivity index (χ3v) is 3.32. The van der Waals surface area contributed by atoms with E-state index in [2.05, 4.69) is 29.3 Å². The van der Waals surface area contributed by atoms with Gasteiger partial charge in [-0.3, -0.25) is 4.98 Å². The second-order valence-corrected chi connectivity index (χ2v) is 5.06. The highest BCUT2D eigenvalue weighted by Gasteiger charge is 2.20. The Hall–Kier alpha value is -1.13. The zero-order chi connectivity index (χ0) is 12.8. The summed E-state index contributed by atoms with van der Waals surface area (Å²) in [6.45, 7) is 3.81. The maximum absolute atomic E-state index is 5.88. The molecule has 2 rings (SSSR count). The molecule has 1 N–H and O–H groups in total. The number of nitrogens with one attached hydrogen (secondary N) is 1. The lowest BCUT2D eigenvalue weighted by Gasteiger charge is -2.24. The fourth-order valence-corrected chi connectivity index (χ4v) is 2.26. The first-order valence-electron chi connectivity index (χ1n) is 6.70. The molecule has 1 aliphatic heterocycles. The van der Waals surface area contributed by atoms with Crippen LogP contribution >= 0.6 is 0 Å². The molecule has 1 aromatic heterocycles. The number of hydrogen-bond donors (Lipinski definition) is 1. The zero-order valence-electron chi connectivity index (χ0n) is 11.4. The van der Waals surface area contributed by atoms with E-state index in [1.54, 1.807) is 0 Å². The number of aromatic nitrogens is 1. The van der Waals surface area contributed by atoms with Crippen LogP contribution in [0.25, 0.3) is 0 Å². The van der Waals surface area contributed by atoms with E-state index in [0.29, 0.717) is 5.92 Å². The van der Waals surface area contributed by atoms with Gasteiger partial charge in [0.2, 0.25) is 0 Å².